The molecule has 0 aromatic heterocycles. The van der Waals surface area contributed by atoms with E-state index in [2.05, 4.69) is 4.74 Å². The van der Waals surface area contributed by atoms with Crippen LogP contribution in [0.3, 0.4) is 0 Å². The van der Waals surface area contributed by atoms with Crippen LogP contribution in [0.2, 0.25) is 0 Å². The maximum Gasteiger partial charge on any atom is 0.310 e. The van der Waals surface area contributed by atoms with Crippen LogP contribution in [0.15, 0.2) is 0 Å². The molecule has 1 rings (SSSR count). The Labute approximate surface area is 42.5 Å². The third kappa shape index (κ3) is 0.918. The quantitative estimate of drug-likeness (QED) is 0.410. The summed E-state index contributed by atoms with van der Waals surface area (Å²) in [5, 5.41) is 0. The highest BCUT2D eigenvalue weighted by molar-refractivity contribution is 5.81. The molecule has 1 aliphatic rings. The summed E-state index contributed by atoms with van der Waals surface area (Å²) in [5.74, 6) is 0.153. The molecule has 1 atom stereocenters. The van der Waals surface area contributed by atoms with Gasteiger partial charge in [-0.15, -0.1) is 0 Å². The maximum absolute atomic E-state index is 10.2. The predicted molar refractivity (Wildman–Crippen MR) is 24.4 cm³/mol. The van der Waals surface area contributed by atoms with Crippen LogP contribution < -0.4 is 0 Å². The van der Waals surface area contributed by atoms with E-state index in [0.29, 0.717) is 12.5 Å². The number of hydrogen-bond donors (Lipinski definition) is 0. The summed E-state index contributed by atoms with van der Waals surface area (Å²) in [6.07, 6.45) is 1.58. The van der Waals surface area contributed by atoms with Crippen LogP contribution >= 0.6 is 0 Å². The molecule has 39 valence electrons. The summed E-state index contributed by atoms with van der Waals surface area (Å²) in [6, 6.07) is 0. The summed E-state index contributed by atoms with van der Waals surface area (Å²) >= 11 is 0. The first kappa shape index (κ1) is 4.62. The molecule has 1 unspecified atom stereocenters. The van der Waals surface area contributed by atoms with E-state index in [1.807, 2.05) is 6.92 Å². The molecule has 0 amide bonds. The Morgan fingerprint density at radius 3 is 2.86 bits per heavy atom. The molecular formula is C5H7O2. The van der Waals surface area contributed by atoms with Gasteiger partial charge in [-0.1, -0.05) is 6.92 Å². The molecule has 1 fully saturated rings. The molecule has 0 saturated carbocycles. The van der Waals surface area contributed by atoms with Gasteiger partial charge in [0.2, 0.25) is 0 Å². The Hall–Kier alpha value is -0.530. The third-order valence-corrected chi connectivity index (χ3v) is 0.909. The second-order valence-electron chi connectivity index (χ2n) is 1.77. The van der Waals surface area contributed by atoms with Crippen molar-refractivity contribution in [2.75, 3.05) is 6.61 Å². The fourth-order valence-electron chi connectivity index (χ4n) is 0.542. The van der Waals surface area contributed by atoms with E-state index in [1.54, 1.807) is 6.42 Å². The van der Waals surface area contributed by atoms with Gasteiger partial charge in [0.05, 0.1) is 13.0 Å². The van der Waals surface area contributed by atoms with Crippen molar-refractivity contribution < 1.29 is 9.53 Å². The number of hydrogen-bond acceptors (Lipinski definition) is 2. The molecule has 0 aromatic rings. The summed E-state index contributed by atoms with van der Waals surface area (Å²) in [7, 11) is 0. The van der Waals surface area contributed by atoms with Gasteiger partial charge < -0.3 is 4.74 Å². The van der Waals surface area contributed by atoms with Gasteiger partial charge in [0.15, 0.2) is 0 Å². The van der Waals surface area contributed by atoms with Crippen LogP contribution in [0, 0.1) is 12.3 Å². The minimum Gasteiger partial charge on any atom is -0.465 e. The molecule has 0 N–H and O–H groups in total. The topological polar surface area (TPSA) is 26.3 Å². The molecule has 2 nitrogen and oxygen atoms in total. The van der Waals surface area contributed by atoms with Gasteiger partial charge in [0, 0.05) is 5.92 Å². The van der Waals surface area contributed by atoms with Crippen LogP contribution in [0.4, 0.5) is 0 Å². The molecule has 2 heteroatoms. The smallest absolute Gasteiger partial charge is 0.310 e. The third-order valence-electron chi connectivity index (χ3n) is 0.909. The molecule has 1 aliphatic heterocycles. The minimum absolute atomic E-state index is 0.174. The Kier molecular flexibility index (Phi) is 1.01. The standard InChI is InChI=1S/C5H7O2/c1-4-2-5(6)7-3-4/h2,4H,3H2,1H3. The van der Waals surface area contributed by atoms with E-state index < -0.39 is 0 Å². The highest BCUT2D eigenvalue weighted by Gasteiger charge is 2.18. The Bertz CT molecular complexity index is 88.1. The maximum atomic E-state index is 10.2. The lowest BCUT2D eigenvalue weighted by atomic mass is 10.2. The van der Waals surface area contributed by atoms with Crippen molar-refractivity contribution in [2.24, 2.45) is 5.92 Å². The number of carbonyl (C=O) groups excluding carboxylic acids is 1. The van der Waals surface area contributed by atoms with Crippen molar-refractivity contribution in [1.29, 1.82) is 0 Å². The van der Waals surface area contributed by atoms with Crippen molar-refractivity contribution in [3.05, 3.63) is 6.42 Å². The molecule has 1 radical (unpaired) electrons. The van der Waals surface area contributed by atoms with Crippen LogP contribution in [-0.2, 0) is 9.53 Å². The van der Waals surface area contributed by atoms with Crippen LogP contribution in [0.5, 0.6) is 0 Å². The van der Waals surface area contributed by atoms with Crippen LogP contribution in [-0.4, -0.2) is 12.6 Å². The van der Waals surface area contributed by atoms with Crippen molar-refractivity contribution in [3.8, 4) is 0 Å². The van der Waals surface area contributed by atoms with Gasteiger partial charge in [-0.05, 0) is 0 Å². The van der Waals surface area contributed by atoms with E-state index in [1.165, 1.54) is 0 Å². The summed E-state index contributed by atoms with van der Waals surface area (Å²) in [6.45, 7) is 2.52. The predicted octanol–water partition coefficient (Wildman–Crippen LogP) is 0.384. The lowest BCUT2D eigenvalue weighted by molar-refractivity contribution is -0.135. The summed E-state index contributed by atoms with van der Waals surface area (Å²) < 4.78 is 4.57. The number of rotatable bonds is 0. The summed E-state index contributed by atoms with van der Waals surface area (Å²) in [4.78, 5) is 10.2. The van der Waals surface area contributed by atoms with Gasteiger partial charge in [0.1, 0.15) is 0 Å². The number of ether oxygens (including phenoxy) is 1. The Morgan fingerprint density at radius 1 is 2.00 bits per heavy atom. The first-order chi connectivity index (χ1) is 3.29. The largest absolute Gasteiger partial charge is 0.465 e. The SMILES string of the molecule is CC1[CH]C(=O)OC1. The van der Waals surface area contributed by atoms with Gasteiger partial charge in [-0.2, -0.15) is 0 Å². The van der Waals surface area contributed by atoms with Gasteiger partial charge >= 0.3 is 5.97 Å². The normalized spacial score (nSPS) is 30.4. The zero-order chi connectivity index (χ0) is 5.28. The van der Waals surface area contributed by atoms with Crippen LogP contribution in [0.25, 0.3) is 0 Å². The average molecular weight is 99.1 g/mol. The molecule has 1 heterocycles. The monoisotopic (exact) mass is 99.0 g/mol. The summed E-state index contributed by atoms with van der Waals surface area (Å²) in [5.41, 5.74) is 0. The van der Waals surface area contributed by atoms with E-state index >= 15 is 0 Å². The van der Waals surface area contributed by atoms with E-state index in [0.717, 1.165) is 0 Å². The van der Waals surface area contributed by atoms with E-state index in [4.69, 9.17) is 0 Å². The minimum atomic E-state index is -0.174. The first-order valence-electron chi connectivity index (χ1n) is 2.30. The molecule has 0 aromatic carbocycles. The number of cyclic esters (lactones) is 1. The first-order valence-corrected chi connectivity index (χ1v) is 2.30. The Morgan fingerprint density at radius 2 is 2.71 bits per heavy atom. The zero-order valence-corrected chi connectivity index (χ0v) is 4.18. The van der Waals surface area contributed by atoms with Crippen molar-refractivity contribution in [1.82, 2.24) is 0 Å². The number of carbonyl (C=O) groups is 1. The fraction of sp³-hybridized carbons (Fsp3) is 0.600. The lowest BCUT2D eigenvalue weighted by Crippen LogP contribution is -1.90. The lowest BCUT2D eigenvalue weighted by Gasteiger charge is -1.87. The van der Waals surface area contributed by atoms with Crippen molar-refractivity contribution in [2.45, 2.75) is 6.92 Å². The highest BCUT2D eigenvalue weighted by atomic mass is 16.5. The van der Waals surface area contributed by atoms with E-state index in [9.17, 15) is 4.79 Å². The molecule has 0 aliphatic carbocycles. The van der Waals surface area contributed by atoms with E-state index in [-0.39, 0.29) is 5.97 Å². The fourth-order valence-corrected chi connectivity index (χ4v) is 0.542. The van der Waals surface area contributed by atoms with Crippen molar-refractivity contribution in [3.63, 3.8) is 0 Å². The van der Waals surface area contributed by atoms with Crippen molar-refractivity contribution >= 4 is 5.97 Å². The zero-order valence-electron chi connectivity index (χ0n) is 4.18. The highest BCUT2D eigenvalue weighted by Crippen LogP contribution is 2.09. The molecule has 0 bridgehead atoms. The molecule has 7 heavy (non-hydrogen) atoms. The average Bonchev–Trinajstić information content (AvgIpc) is 1.87. The second kappa shape index (κ2) is 1.52. The number of esters is 1. The van der Waals surface area contributed by atoms with Gasteiger partial charge in [-0.3, -0.25) is 4.79 Å². The molecule has 0 spiro atoms. The van der Waals surface area contributed by atoms with Gasteiger partial charge in [0.25, 0.3) is 0 Å². The van der Waals surface area contributed by atoms with Gasteiger partial charge in [-0.25, -0.2) is 0 Å². The second-order valence-corrected chi connectivity index (χ2v) is 1.77. The Balaban J connectivity index is 2.40. The molecule has 1 saturated heterocycles. The van der Waals surface area contributed by atoms with Crippen LogP contribution in [0.1, 0.15) is 6.92 Å². The molecular weight excluding hydrogens is 92.1 g/mol.